The first-order valence-electron chi connectivity index (χ1n) is 8.99. The summed E-state index contributed by atoms with van der Waals surface area (Å²) in [7, 11) is 0. The normalized spacial score (nSPS) is 21.5. The largest absolute Gasteiger partial charge is 0.444 e. The van der Waals surface area contributed by atoms with Crippen molar-refractivity contribution in [3.63, 3.8) is 0 Å². The highest BCUT2D eigenvalue weighted by molar-refractivity contribution is 5.68. The van der Waals surface area contributed by atoms with Crippen LogP contribution in [0, 0.1) is 0 Å². The Morgan fingerprint density at radius 3 is 2.83 bits per heavy atom. The summed E-state index contributed by atoms with van der Waals surface area (Å²) in [6.45, 7) is 7.17. The third kappa shape index (κ3) is 4.58. The fraction of sp³-hybridized carbons (Fsp3) is 0.722. The van der Waals surface area contributed by atoms with Gasteiger partial charge in [0.25, 0.3) is 0 Å². The van der Waals surface area contributed by atoms with Crippen LogP contribution < -0.4 is 5.32 Å². The zero-order valence-electron chi connectivity index (χ0n) is 14.9. The molecule has 1 amide bonds. The second-order valence-electron chi connectivity index (χ2n) is 7.78. The van der Waals surface area contributed by atoms with E-state index in [1.807, 2.05) is 37.9 Å². The number of amides is 1. The lowest BCUT2D eigenvalue weighted by molar-refractivity contribution is 0.0114. The van der Waals surface area contributed by atoms with Crippen molar-refractivity contribution in [1.82, 2.24) is 14.9 Å². The van der Waals surface area contributed by atoms with E-state index in [-0.39, 0.29) is 12.1 Å². The fourth-order valence-corrected chi connectivity index (χ4v) is 3.01. The van der Waals surface area contributed by atoms with Crippen molar-refractivity contribution in [3.8, 4) is 0 Å². The summed E-state index contributed by atoms with van der Waals surface area (Å²) in [6.07, 6.45) is 7.16. The lowest BCUT2D eigenvalue weighted by atomic mass is 10.0. The molecule has 1 aromatic rings. The second kappa shape index (κ2) is 6.95. The molecule has 2 aliphatic rings. The van der Waals surface area contributed by atoms with Crippen LogP contribution >= 0.6 is 0 Å². The molecule has 3 rings (SSSR count). The summed E-state index contributed by atoms with van der Waals surface area (Å²) in [5.74, 6) is 2.33. The maximum Gasteiger partial charge on any atom is 0.410 e. The Kier molecular flexibility index (Phi) is 4.92. The smallest absolute Gasteiger partial charge is 0.410 e. The van der Waals surface area contributed by atoms with Gasteiger partial charge in [-0.15, -0.1) is 0 Å². The average molecular weight is 332 g/mol. The minimum atomic E-state index is -0.460. The second-order valence-corrected chi connectivity index (χ2v) is 7.78. The zero-order valence-corrected chi connectivity index (χ0v) is 14.9. The summed E-state index contributed by atoms with van der Waals surface area (Å²) < 4.78 is 5.55. The van der Waals surface area contributed by atoms with Crippen LogP contribution in [0.5, 0.6) is 0 Å². The molecule has 6 nitrogen and oxygen atoms in total. The Labute approximate surface area is 144 Å². The SMILES string of the molecule is CC(C)(C)OC(=O)N1CCCCC1CNc1ccnc(C2CC2)n1. The first-order chi connectivity index (χ1) is 11.4. The topological polar surface area (TPSA) is 67.3 Å². The van der Waals surface area contributed by atoms with Gasteiger partial charge in [0.05, 0.1) is 6.04 Å². The molecule has 1 unspecified atom stereocenters. The number of anilines is 1. The van der Waals surface area contributed by atoms with Crippen molar-refractivity contribution in [1.29, 1.82) is 0 Å². The molecular weight excluding hydrogens is 304 g/mol. The van der Waals surface area contributed by atoms with E-state index in [1.165, 1.54) is 12.8 Å². The standard InChI is InChI=1S/C18H28N4O2/c1-18(2,3)24-17(23)22-11-5-4-6-14(22)12-20-15-9-10-19-16(21-15)13-7-8-13/h9-10,13-14H,4-8,11-12H2,1-3H3,(H,19,20,21). The van der Waals surface area contributed by atoms with Crippen molar-refractivity contribution in [2.75, 3.05) is 18.4 Å². The summed E-state index contributed by atoms with van der Waals surface area (Å²) in [6, 6.07) is 2.04. The van der Waals surface area contributed by atoms with Crippen molar-refractivity contribution < 1.29 is 9.53 Å². The Hall–Kier alpha value is -1.85. The van der Waals surface area contributed by atoms with Crippen LogP contribution in [0.25, 0.3) is 0 Å². The molecule has 1 atom stereocenters. The molecule has 1 aliphatic heterocycles. The van der Waals surface area contributed by atoms with Gasteiger partial charge in [0.15, 0.2) is 0 Å². The predicted molar refractivity (Wildman–Crippen MR) is 93.1 cm³/mol. The number of hydrogen-bond acceptors (Lipinski definition) is 5. The number of piperidine rings is 1. The molecule has 0 bridgehead atoms. The van der Waals surface area contributed by atoms with Gasteiger partial charge in [-0.1, -0.05) is 0 Å². The number of rotatable bonds is 4. The van der Waals surface area contributed by atoms with Crippen molar-refractivity contribution in [3.05, 3.63) is 18.1 Å². The zero-order chi connectivity index (χ0) is 17.2. The summed E-state index contributed by atoms with van der Waals surface area (Å²) in [5.41, 5.74) is -0.460. The van der Waals surface area contributed by atoms with Crippen molar-refractivity contribution >= 4 is 11.9 Å². The number of hydrogen-bond donors (Lipinski definition) is 1. The van der Waals surface area contributed by atoms with Gasteiger partial charge in [0, 0.05) is 25.2 Å². The van der Waals surface area contributed by atoms with Gasteiger partial charge in [-0.3, -0.25) is 0 Å². The number of nitrogens with zero attached hydrogens (tertiary/aromatic N) is 3. The molecule has 1 saturated carbocycles. The molecule has 1 N–H and O–H groups in total. The number of likely N-dealkylation sites (tertiary alicyclic amines) is 1. The van der Waals surface area contributed by atoms with Crippen LogP contribution in [0.4, 0.5) is 10.6 Å². The predicted octanol–water partition coefficient (Wildman–Crippen LogP) is 3.56. The Morgan fingerprint density at radius 1 is 1.33 bits per heavy atom. The molecule has 2 heterocycles. The lowest BCUT2D eigenvalue weighted by Gasteiger charge is -2.36. The van der Waals surface area contributed by atoms with Gasteiger partial charge >= 0.3 is 6.09 Å². The summed E-state index contributed by atoms with van der Waals surface area (Å²) >= 11 is 0. The highest BCUT2D eigenvalue weighted by Crippen LogP contribution is 2.38. The number of carbonyl (C=O) groups is 1. The minimum Gasteiger partial charge on any atom is -0.444 e. The lowest BCUT2D eigenvalue weighted by Crippen LogP contribution is -2.48. The molecule has 0 radical (unpaired) electrons. The van der Waals surface area contributed by atoms with Crippen molar-refractivity contribution in [2.24, 2.45) is 0 Å². The number of aromatic nitrogens is 2. The Bertz CT molecular complexity index is 581. The van der Waals surface area contributed by atoms with Crippen LogP contribution in [-0.2, 0) is 4.74 Å². The molecule has 0 aromatic carbocycles. The van der Waals surface area contributed by atoms with E-state index in [2.05, 4.69) is 15.3 Å². The minimum absolute atomic E-state index is 0.146. The monoisotopic (exact) mass is 332 g/mol. The highest BCUT2D eigenvalue weighted by Gasteiger charge is 2.30. The summed E-state index contributed by atoms with van der Waals surface area (Å²) in [4.78, 5) is 23.2. The van der Waals surface area contributed by atoms with Crippen LogP contribution in [0.3, 0.4) is 0 Å². The number of nitrogens with one attached hydrogen (secondary N) is 1. The summed E-state index contributed by atoms with van der Waals surface area (Å²) in [5, 5.41) is 3.38. The van der Waals surface area contributed by atoms with Crippen LogP contribution in [0.15, 0.2) is 12.3 Å². The van der Waals surface area contributed by atoms with Gasteiger partial charge in [-0.25, -0.2) is 14.8 Å². The Balaban J connectivity index is 1.59. The third-order valence-corrected chi connectivity index (χ3v) is 4.39. The molecular formula is C18H28N4O2. The van der Waals surface area contributed by atoms with Crippen molar-refractivity contribution in [2.45, 2.75) is 70.4 Å². The average Bonchev–Trinajstić information content (AvgIpc) is 3.37. The van der Waals surface area contributed by atoms with E-state index in [0.717, 1.165) is 37.4 Å². The van der Waals surface area contributed by atoms with E-state index in [9.17, 15) is 4.79 Å². The molecule has 6 heteroatoms. The maximum atomic E-state index is 12.4. The van der Waals surface area contributed by atoms with E-state index in [0.29, 0.717) is 12.5 Å². The Morgan fingerprint density at radius 2 is 2.12 bits per heavy atom. The fourth-order valence-electron chi connectivity index (χ4n) is 3.01. The van der Waals surface area contributed by atoms with Gasteiger partial charge in [0.1, 0.15) is 17.2 Å². The van der Waals surface area contributed by atoms with E-state index >= 15 is 0 Å². The molecule has 2 fully saturated rings. The van der Waals surface area contributed by atoms with Gasteiger partial charge < -0.3 is 15.0 Å². The number of carbonyl (C=O) groups excluding carboxylic acids is 1. The van der Waals surface area contributed by atoms with Gasteiger partial charge in [-0.05, 0) is 58.9 Å². The molecule has 1 saturated heterocycles. The first-order valence-corrected chi connectivity index (χ1v) is 8.99. The van der Waals surface area contributed by atoms with Crippen LogP contribution in [0.1, 0.15) is 64.6 Å². The van der Waals surface area contributed by atoms with Gasteiger partial charge in [-0.2, -0.15) is 0 Å². The molecule has 0 spiro atoms. The van der Waals surface area contributed by atoms with E-state index in [1.54, 1.807) is 0 Å². The molecule has 1 aromatic heterocycles. The first kappa shape index (κ1) is 17.0. The van der Waals surface area contributed by atoms with Crippen LogP contribution in [-0.4, -0.2) is 45.7 Å². The maximum absolute atomic E-state index is 12.4. The van der Waals surface area contributed by atoms with Gasteiger partial charge in [0.2, 0.25) is 0 Å². The quantitative estimate of drug-likeness (QED) is 0.913. The molecule has 24 heavy (non-hydrogen) atoms. The molecule has 132 valence electrons. The van der Waals surface area contributed by atoms with E-state index in [4.69, 9.17) is 4.74 Å². The molecule has 1 aliphatic carbocycles. The van der Waals surface area contributed by atoms with E-state index < -0.39 is 5.60 Å². The third-order valence-electron chi connectivity index (χ3n) is 4.39. The number of ether oxygens (including phenoxy) is 1. The highest BCUT2D eigenvalue weighted by atomic mass is 16.6. The van der Waals surface area contributed by atoms with Crippen LogP contribution in [0.2, 0.25) is 0 Å².